The number of hydrogen-bond acceptors (Lipinski definition) is 5. The van der Waals surface area contributed by atoms with Gasteiger partial charge in [0, 0.05) is 4.88 Å². The number of halogens is 2. The van der Waals surface area contributed by atoms with Gasteiger partial charge in [0.25, 0.3) is 5.91 Å². The van der Waals surface area contributed by atoms with Crippen molar-refractivity contribution in [1.82, 2.24) is 0 Å². The number of carbonyl (C=O) groups excluding carboxylic acids is 1. The summed E-state index contributed by atoms with van der Waals surface area (Å²) < 4.78 is 6.74. The normalized spacial score (nSPS) is 12.8. The highest BCUT2D eigenvalue weighted by molar-refractivity contribution is 9.11. The summed E-state index contributed by atoms with van der Waals surface area (Å²) in [6, 6.07) is 7.60. The number of nitrogens with zero attached hydrogens (tertiary/aromatic N) is 2. The molecule has 0 atom stereocenters. The lowest BCUT2D eigenvalue weighted by Crippen LogP contribution is -2.13. The highest BCUT2D eigenvalue weighted by Gasteiger charge is 2.22. The van der Waals surface area contributed by atoms with Crippen LogP contribution in [0, 0.1) is 35.0 Å². The molecule has 30 heavy (non-hydrogen) atoms. The topological polar surface area (TPSA) is 85.9 Å². The van der Waals surface area contributed by atoms with Crippen LogP contribution in [0.15, 0.2) is 26.7 Å². The fourth-order valence-corrected chi connectivity index (χ4v) is 5.86. The molecule has 0 radical (unpaired) electrons. The lowest BCUT2D eigenvalue weighted by Gasteiger charge is -2.09. The van der Waals surface area contributed by atoms with Crippen molar-refractivity contribution >= 4 is 60.2 Å². The van der Waals surface area contributed by atoms with Gasteiger partial charge in [-0.1, -0.05) is 5.92 Å². The number of rotatable bonds is 5. The zero-order valence-electron chi connectivity index (χ0n) is 15.7. The standard InChI is InChI=1S/C22H15Br2N3O2S/c1-2-7-29-20-17(23)9-13(10-18(20)24)8-14(11-25)21(28)27-22-16(12-26)15-5-3-4-6-19(15)30-22/h1,8-10H,3-7H2,(H,27,28)/b14-8+. The Morgan fingerprint density at radius 2 is 1.97 bits per heavy atom. The lowest BCUT2D eigenvalue weighted by molar-refractivity contribution is -0.112. The number of aryl methyl sites for hydroxylation is 1. The van der Waals surface area contributed by atoms with Gasteiger partial charge in [-0.05, 0) is 86.9 Å². The molecule has 1 aromatic heterocycles. The number of carbonyl (C=O) groups is 1. The van der Waals surface area contributed by atoms with E-state index in [1.54, 1.807) is 12.1 Å². The Bertz CT molecular complexity index is 1140. The molecular weight excluding hydrogens is 530 g/mol. The van der Waals surface area contributed by atoms with Crippen molar-refractivity contribution in [2.24, 2.45) is 0 Å². The summed E-state index contributed by atoms with van der Waals surface area (Å²) in [6.07, 6.45) is 10.6. The van der Waals surface area contributed by atoms with Gasteiger partial charge in [0.15, 0.2) is 0 Å². The first-order valence-electron chi connectivity index (χ1n) is 9.01. The van der Waals surface area contributed by atoms with E-state index in [2.05, 4.69) is 49.2 Å². The molecule has 1 aromatic carbocycles. The third-order valence-electron chi connectivity index (χ3n) is 4.51. The monoisotopic (exact) mass is 543 g/mol. The summed E-state index contributed by atoms with van der Waals surface area (Å²) >= 11 is 8.25. The van der Waals surface area contributed by atoms with Crippen LogP contribution in [0.4, 0.5) is 5.00 Å². The Morgan fingerprint density at radius 1 is 1.27 bits per heavy atom. The number of terminal acetylenes is 1. The first kappa shape index (κ1) is 22.1. The molecule has 0 unspecified atom stereocenters. The summed E-state index contributed by atoms with van der Waals surface area (Å²) in [6.45, 7) is 0.115. The molecular formula is C22H15Br2N3O2S. The number of anilines is 1. The first-order valence-corrected chi connectivity index (χ1v) is 11.4. The van der Waals surface area contributed by atoms with Crippen molar-refractivity contribution in [2.75, 3.05) is 11.9 Å². The largest absolute Gasteiger partial charge is 0.479 e. The second-order valence-corrected chi connectivity index (χ2v) is 9.27. The first-order chi connectivity index (χ1) is 14.5. The van der Waals surface area contributed by atoms with Crippen molar-refractivity contribution in [3.63, 3.8) is 0 Å². The van der Waals surface area contributed by atoms with Crippen molar-refractivity contribution < 1.29 is 9.53 Å². The SMILES string of the molecule is C#CCOc1c(Br)cc(/C=C(\C#N)C(=O)Nc2sc3c(c2C#N)CCCC3)cc1Br. The maximum absolute atomic E-state index is 12.7. The van der Waals surface area contributed by atoms with Gasteiger partial charge in [-0.15, -0.1) is 17.8 Å². The van der Waals surface area contributed by atoms with Crippen molar-refractivity contribution in [3.8, 4) is 30.2 Å². The molecule has 3 rings (SSSR count). The molecule has 8 heteroatoms. The Kier molecular flexibility index (Phi) is 7.34. The predicted octanol–water partition coefficient (Wildman–Crippen LogP) is 5.58. The summed E-state index contributed by atoms with van der Waals surface area (Å²) in [7, 11) is 0. The minimum absolute atomic E-state index is 0.0682. The molecule has 2 aromatic rings. The Hall–Kier alpha value is -2.57. The maximum atomic E-state index is 12.7. The molecule has 0 spiro atoms. The van der Waals surface area contributed by atoms with E-state index < -0.39 is 5.91 Å². The molecule has 1 aliphatic carbocycles. The Morgan fingerprint density at radius 3 is 2.60 bits per heavy atom. The number of hydrogen-bond donors (Lipinski definition) is 1. The predicted molar refractivity (Wildman–Crippen MR) is 124 cm³/mol. The molecule has 0 saturated heterocycles. The molecule has 1 aliphatic rings. The zero-order valence-corrected chi connectivity index (χ0v) is 19.7. The third-order valence-corrected chi connectivity index (χ3v) is 6.89. The molecule has 0 saturated carbocycles. The third kappa shape index (κ3) is 4.77. The van der Waals surface area contributed by atoms with Crippen LogP contribution in [0.1, 0.15) is 34.4 Å². The van der Waals surface area contributed by atoms with Crippen molar-refractivity contribution in [3.05, 3.63) is 48.2 Å². The van der Waals surface area contributed by atoms with Crippen LogP contribution in [0.3, 0.4) is 0 Å². The van der Waals surface area contributed by atoms with Crippen molar-refractivity contribution in [2.45, 2.75) is 25.7 Å². The fraction of sp³-hybridized carbons (Fsp3) is 0.227. The van der Waals surface area contributed by atoms with Crippen LogP contribution in [0.25, 0.3) is 6.08 Å². The second kappa shape index (κ2) is 9.96. The maximum Gasteiger partial charge on any atom is 0.266 e. The number of fused-ring (bicyclic) bond motifs is 1. The van der Waals surface area contributed by atoms with Crippen molar-refractivity contribution in [1.29, 1.82) is 10.5 Å². The quantitative estimate of drug-likeness (QED) is 0.302. The van der Waals surface area contributed by atoms with Gasteiger partial charge in [0.1, 0.15) is 35.1 Å². The van der Waals surface area contributed by atoms with Gasteiger partial charge in [0.05, 0.1) is 14.5 Å². The average Bonchev–Trinajstić information content (AvgIpc) is 3.08. The molecule has 0 bridgehead atoms. The minimum Gasteiger partial charge on any atom is -0.479 e. The molecule has 150 valence electrons. The van der Waals surface area contributed by atoms with Gasteiger partial charge in [-0.2, -0.15) is 10.5 Å². The number of ether oxygens (including phenoxy) is 1. The van der Waals surface area contributed by atoms with E-state index in [-0.39, 0.29) is 12.2 Å². The van der Waals surface area contributed by atoms with E-state index in [1.165, 1.54) is 17.4 Å². The molecule has 1 heterocycles. The smallest absolute Gasteiger partial charge is 0.266 e. The number of thiophene rings is 1. The average molecular weight is 545 g/mol. The van der Waals surface area contributed by atoms with Crippen LogP contribution in [-0.2, 0) is 17.6 Å². The second-order valence-electron chi connectivity index (χ2n) is 6.46. The summed E-state index contributed by atoms with van der Waals surface area (Å²) in [5.41, 5.74) is 2.10. The molecule has 5 nitrogen and oxygen atoms in total. The minimum atomic E-state index is -0.549. The summed E-state index contributed by atoms with van der Waals surface area (Å²) in [4.78, 5) is 13.9. The fourth-order valence-electron chi connectivity index (χ4n) is 3.17. The summed E-state index contributed by atoms with van der Waals surface area (Å²) in [5, 5.41) is 22.3. The molecule has 0 fully saturated rings. The van der Waals surface area contributed by atoms with E-state index in [4.69, 9.17) is 11.2 Å². The molecule has 1 amide bonds. The van der Waals surface area contributed by atoms with E-state index in [0.29, 0.717) is 30.8 Å². The van der Waals surface area contributed by atoms with E-state index in [1.807, 2.05) is 6.07 Å². The van der Waals surface area contributed by atoms with Crippen LogP contribution >= 0.6 is 43.2 Å². The molecule has 0 aliphatic heterocycles. The number of amides is 1. The Balaban J connectivity index is 1.87. The van der Waals surface area contributed by atoms with E-state index in [0.717, 1.165) is 36.1 Å². The number of nitrogens with one attached hydrogen (secondary N) is 1. The number of nitriles is 2. The summed E-state index contributed by atoms with van der Waals surface area (Å²) in [5.74, 6) is 2.39. The van der Waals surface area contributed by atoms with E-state index >= 15 is 0 Å². The van der Waals surface area contributed by atoms with Crippen LogP contribution in [0.5, 0.6) is 5.75 Å². The van der Waals surface area contributed by atoms with Gasteiger partial charge in [-0.3, -0.25) is 4.79 Å². The van der Waals surface area contributed by atoms with Gasteiger partial charge >= 0.3 is 0 Å². The van der Waals surface area contributed by atoms with Crippen LogP contribution in [-0.4, -0.2) is 12.5 Å². The van der Waals surface area contributed by atoms with Crippen LogP contribution < -0.4 is 10.1 Å². The van der Waals surface area contributed by atoms with E-state index in [9.17, 15) is 15.3 Å². The van der Waals surface area contributed by atoms with Gasteiger partial charge in [-0.25, -0.2) is 0 Å². The van der Waals surface area contributed by atoms with Gasteiger partial charge < -0.3 is 10.1 Å². The number of benzene rings is 1. The zero-order chi connectivity index (χ0) is 21.7. The lowest BCUT2D eigenvalue weighted by atomic mass is 9.96. The molecule has 1 N–H and O–H groups in total. The van der Waals surface area contributed by atoms with Gasteiger partial charge in [0.2, 0.25) is 0 Å². The van der Waals surface area contributed by atoms with Crippen LogP contribution in [0.2, 0.25) is 0 Å². The Labute approximate surface area is 195 Å². The highest BCUT2D eigenvalue weighted by atomic mass is 79.9. The highest BCUT2D eigenvalue weighted by Crippen LogP contribution is 2.38.